The molecule has 2 heterocycles. The molecule has 7 nitrogen and oxygen atoms in total. The van der Waals surface area contributed by atoms with Crippen molar-refractivity contribution in [1.82, 2.24) is 14.5 Å². The smallest absolute Gasteiger partial charge is 0.308 e. The van der Waals surface area contributed by atoms with E-state index in [4.69, 9.17) is 5.11 Å². The van der Waals surface area contributed by atoms with Crippen LogP contribution in [0.4, 0.5) is 0 Å². The lowest BCUT2D eigenvalue weighted by molar-refractivity contribution is -0.142. The second-order valence-corrected chi connectivity index (χ2v) is 6.07. The van der Waals surface area contributed by atoms with Crippen molar-refractivity contribution in [2.75, 3.05) is 13.1 Å². The summed E-state index contributed by atoms with van der Waals surface area (Å²) >= 11 is 0. The van der Waals surface area contributed by atoms with E-state index in [1.54, 1.807) is 6.92 Å². The van der Waals surface area contributed by atoms with E-state index in [-0.39, 0.29) is 24.0 Å². The summed E-state index contributed by atoms with van der Waals surface area (Å²) in [6, 6.07) is 1.36. The second kappa shape index (κ2) is 4.11. The van der Waals surface area contributed by atoms with Crippen LogP contribution in [0.3, 0.4) is 0 Å². The number of carboxylic acids is 1. The molecular formula is C9H13N3O4S. The summed E-state index contributed by atoms with van der Waals surface area (Å²) in [6.07, 6.45) is 1.35. The normalized spacial score (nSPS) is 26.2. The van der Waals surface area contributed by atoms with Crippen molar-refractivity contribution in [2.24, 2.45) is 11.8 Å². The molecule has 0 spiro atoms. The fourth-order valence-corrected chi connectivity index (χ4v) is 3.43. The minimum Gasteiger partial charge on any atom is -0.481 e. The molecule has 1 aliphatic rings. The maximum absolute atomic E-state index is 12.1. The van der Waals surface area contributed by atoms with E-state index in [0.29, 0.717) is 0 Å². The van der Waals surface area contributed by atoms with Crippen LogP contribution in [0.15, 0.2) is 17.3 Å². The van der Waals surface area contributed by atoms with Crippen LogP contribution in [0.5, 0.6) is 0 Å². The Morgan fingerprint density at radius 3 is 2.76 bits per heavy atom. The number of aliphatic carboxylic acids is 1. The van der Waals surface area contributed by atoms with Crippen LogP contribution >= 0.6 is 0 Å². The molecule has 0 unspecified atom stereocenters. The van der Waals surface area contributed by atoms with E-state index in [0.717, 1.165) is 0 Å². The molecule has 2 N–H and O–H groups in total. The first-order valence-corrected chi connectivity index (χ1v) is 6.59. The van der Waals surface area contributed by atoms with E-state index in [1.807, 2.05) is 0 Å². The Balaban J connectivity index is 2.24. The van der Waals surface area contributed by atoms with E-state index in [9.17, 15) is 13.2 Å². The highest BCUT2D eigenvalue weighted by atomic mass is 32.2. The summed E-state index contributed by atoms with van der Waals surface area (Å²) in [5, 5.41) is 14.9. The first-order chi connectivity index (χ1) is 7.93. The summed E-state index contributed by atoms with van der Waals surface area (Å²) in [6.45, 7) is 1.97. The fourth-order valence-electron chi connectivity index (χ4n) is 1.97. The summed E-state index contributed by atoms with van der Waals surface area (Å²) < 4.78 is 25.3. The van der Waals surface area contributed by atoms with E-state index in [1.165, 1.54) is 16.6 Å². The standard InChI is InChI=1S/C9H13N3O4S/c1-6-4-12(5-7(6)9(13)14)17(15,16)8-2-3-10-11-8/h2-3,6-7H,4-5H2,1H3,(H,10,11)(H,13,14)/t6-,7-/m1/s1. The zero-order valence-corrected chi connectivity index (χ0v) is 10.0. The van der Waals surface area contributed by atoms with Gasteiger partial charge in [-0.15, -0.1) is 0 Å². The summed E-state index contributed by atoms with van der Waals surface area (Å²) in [4.78, 5) is 10.9. The van der Waals surface area contributed by atoms with Gasteiger partial charge in [-0.2, -0.15) is 9.40 Å². The van der Waals surface area contributed by atoms with Crippen molar-refractivity contribution >= 4 is 16.0 Å². The molecule has 0 saturated carbocycles. The predicted octanol–water partition coefficient (Wildman–Crippen LogP) is -0.249. The minimum absolute atomic E-state index is 0.00395. The number of rotatable bonds is 3. The van der Waals surface area contributed by atoms with Crippen molar-refractivity contribution < 1.29 is 18.3 Å². The van der Waals surface area contributed by atoms with Gasteiger partial charge in [-0.25, -0.2) is 8.42 Å². The Morgan fingerprint density at radius 2 is 2.29 bits per heavy atom. The van der Waals surface area contributed by atoms with Gasteiger partial charge in [0.05, 0.1) is 12.1 Å². The molecule has 8 heteroatoms. The highest BCUT2D eigenvalue weighted by molar-refractivity contribution is 7.89. The van der Waals surface area contributed by atoms with Gasteiger partial charge in [-0.3, -0.25) is 9.89 Å². The Hall–Kier alpha value is -1.41. The molecule has 0 amide bonds. The first-order valence-electron chi connectivity index (χ1n) is 5.15. The van der Waals surface area contributed by atoms with Crippen molar-refractivity contribution in [1.29, 1.82) is 0 Å². The number of aromatic nitrogens is 2. The monoisotopic (exact) mass is 259 g/mol. The molecule has 1 saturated heterocycles. The average molecular weight is 259 g/mol. The lowest BCUT2D eigenvalue weighted by atomic mass is 9.99. The van der Waals surface area contributed by atoms with Gasteiger partial charge < -0.3 is 5.11 Å². The number of carboxylic acid groups (broad SMARTS) is 1. The van der Waals surface area contributed by atoms with Gasteiger partial charge >= 0.3 is 5.97 Å². The predicted molar refractivity (Wildman–Crippen MR) is 57.6 cm³/mol. The molecule has 0 bridgehead atoms. The quantitative estimate of drug-likeness (QED) is 0.779. The van der Waals surface area contributed by atoms with Gasteiger partial charge in [0.2, 0.25) is 0 Å². The Bertz CT molecular complexity index is 510. The van der Waals surface area contributed by atoms with Crippen LogP contribution in [0.2, 0.25) is 0 Å². The van der Waals surface area contributed by atoms with E-state index in [2.05, 4.69) is 10.2 Å². The van der Waals surface area contributed by atoms with Crippen molar-refractivity contribution in [3.8, 4) is 0 Å². The molecular weight excluding hydrogens is 246 g/mol. The summed E-state index contributed by atoms with van der Waals surface area (Å²) in [7, 11) is -3.64. The zero-order valence-electron chi connectivity index (χ0n) is 9.20. The molecule has 1 aromatic heterocycles. The van der Waals surface area contributed by atoms with Crippen LogP contribution in [0, 0.1) is 11.8 Å². The minimum atomic E-state index is -3.64. The molecule has 1 aromatic rings. The van der Waals surface area contributed by atoms with Gasteiger partial charge in [0.25, 0.3) is 10.0 Å². The fraction of sp³-hybridized carbons (Fsp3) is 0.556. The number of hydrogen-bond acceptors (Lipinski definition) is 4. The van der Waals surface area contributed by atoms with Crippen molar-refractivity contribution in [2.45, 2.75) is 11.9 Å². The highest BCUT2D eigenvalue weighted by Crippen LogP contribution is 2.27. The molecule has 17 heavy (non-hydrogen) atoms. The van der Waals surface area contributed by atoms with Crippen LogP contribution in [-0.4, -0.2) is 47.1 Å². The maximum atomic E-state index is 12.1. The maximum Gasteiger partial charge on any atom is 0.308 e. The molecule has 1 fully saturated rings. The topological polar surface area (TPSA) is 103 Å². The molecule has 0 aliphatic carbocycles. The number of nitrogens with zero attached hydrogens (tertiary/aromatic N) is 2. The molecule has 2 rings (SSSR count). The van der Waals surface area contributed by atoms with Gasteiger partial charge in [0.15, 0.2) is 5.03 Å². The number of carbonyl (C=O) groups is 1. The second-order valence-electron chi connectivity index (χ2n) is 4.16. The lowest BCUT2D eigenvalue weighted by Gasteiger charge is -2.13. The van der Waals surface area contributed by atoms with Crippen molar-refractivity contribution in [3.63, 3.8) is 0 Å². The largest absolute Gasteiger partial charge is 0.481 e. The zero-order chi connectivity index (χ0) is 12.6. The highest BCUT2D eigenvalue weighted by Gasteiger charge is 2.41. The summed E-state index contributed by atoms with van der Waals surface area (Å²) in [5.41, 5.74) is 0. The van der Waals surface area contributed by atoms with Crippen LogP contribution in [-0.2, 0) is 14.8 Å². The Kier molecular flexibility index (Phi) is 2.92. The number of H-pyrrole nitrogens is 1. The molecule has 94 valence electrons. The third kappa shape index (κ3) is 2.05. The van der Waals surface area contributed by atoms with Gasteiger partial charge in [-0.05, 0) is 12.0 Å². The third-order valence-electron chi connectivity index (χ3n) is 2.99. The van der Waals surface area contributed by atoms with E-state index >= 15 is 0 Å². The Morgan fingerprint density at radius 1 is 1.59 bits per heavy atom. The first kappa shape index (κ1) is 12.1. The number of aromatic amines is 1. The summed E-state index contributed by atoms with van der Waals surface area (Å²) in [5.74, 6) is -1.79. The van der Waals surface area contributed by atoms with Crippen LogP contribution in [0.1, 0.15) is 6.92 Å². The van der Waals surface area contributed by atoms with Crippen LogP contribution in [0.25, 0.3) is 0 Å². The molecule has 1 aliphatic heterocycles. The Labute approximate surface area is 98.5 Å². The van der Waals surface area contributed by atoms with E-state index < -0.39 is 21.9 Å². The third-order valence-corrected chi connectivity index (χ3v) is 4.75. The van der Waals surface area contributed by atoms with Crippen LogP contribution < -0.4 is 0 Å². The molecule has 0 aromatic carbocycles. The van der Waals surface area contributed by atoms with Crippen molar-refractivity contribution in [3.05, 3.63) is 12.3 Å². The average Bonchev–Trinajstić information content (AvgIpc) is 2.84. The SMILES string of the molecule is C[C@@H]1CN(S(=O)(=O)c2ccn[nH]2)C[C@H]1C(=O)O. The molecule has 2 atom stereocenters. The number of hydrogen-bond donors (Lipinski definition) is 2. The van der Waals surface area contributed by atoms with Gasteiger partial charge in [0, 0.05) is 13.1 Å². The number of nitrogens with one attached hydrogen (secondary N) is 1. The van der Waals surface area contributed by atoms with Gasteiger partial charge in [-0.1, -0.05) is 6.92 Å². The lowest BCUT2D eigenvalue weighted by Crippen LogP contribution is -2.30. The number of sulfonamides is 1. The molecule has 0 radical (unpaired) electrons. The van der Waals surface area contributed by atoms with Gasteiger partial charge in [0.1, 0.15) is 0 Å².